The van der Waals surface area contributed by atoms with Crippen molar-refractivity contribution in [2.75, 3.05) is 0 Å². The molecule has 98 valence electrons. The highest BCUT2D eigenvalue weighted by Crippen LogP contribution is 2.31. The van der Waals surface area contributed by atoms with Gasteiger partial charge in [0.05, 0.1) is 0 Å². The largest absolute Gasteiger partial charge is 0.310 e. The van der Waals surface area contributed by atoms with E-state index in [9.17, 15) is 0 Å². The molecule has 5 heteroatoms. The topological polar surface area (TPSA) is 37.8 Å². The highest BCUT2D eigenvalue weighted by Gasteiger charge is 2.20. The molecule has 1 aromatic heterocycles. The van der Waals surface area contributed by atoms with Gasteiger partial charge in [-0.25, -0.2) is 9.97 Å². The molecule has 1 aliphatic carbocycles. The summed E-state index contributed by atoms with van der Waals surface area (Å²) >= 11 is 7.73. The first-order chi connectivity index (χ1) is 9.31. The predicted octanol–water partition coefficient (Wildman–Crippen LogP) is 3.53. The van der Waals surface area contributed by atoms with Gasteiger partial charge in [0.2, 0.25) is 0 Å². The SMILES string of the molecule is Clc1ccc(Sc2ccncn2)c(CNC2CC2)c1. The molecular weight excluding hydrogens is 278 g/mol. The molecule has 0 bridgehead atoms. The summed E-state index contributed by atoms with van der Waals surface area (Å²) in [6.07, 6.45) is 5.90. The molecule has 1 aromatic carbocycles. The lowest BCUT2D eigenvalue weighted by molar-refractivity contribution is 0.680. The van der Waals surface area contributed by atoms with E-state index in [2.05, 4.69) is 21.4 Å². The van der Waals surface area contributed by atoms with Crippen LogP contribution in [0.1, 0.15) is 18.4 Å². The zero-order valence-electron chi connectivity index (χ0n) is 10.3. The molecule has 2 aromatic rings. The van der Waals surface area contributed by atoms with Crippen LogP contribution < -0.4 is 5.32 Å². The van der Waals surface area contributed by atoms with Crippen molar-refractivity contribution in [2.24, 2.45) is 0 Å². The lowest BCUT2D eigenvalue weighted by Gasteiger charge is -2.10. The molecule has 1 saturated carbocycles. The smallest absolute Gasteiger partial charge is 0.116 e. The van der Waals surface area contributed by atoms with Gasteiger partial charge < -0.3 is 5.32 Å². The Morgan fingerprint density at radius 3 is 2.95 bits per heavy atom. The summed E-state index contributed by atoms with van der Waals surface area (Å²) < 4.78 is 0. The summed E-state index contributed by atoms with van der Waals surface area (Å²) in [4.78, 5) is 9.37. The highest BCUT2D eigenvalue weighted by atomic mass is 35.5. The van der Waals surface area contributed by atoms with Gasteiger partial charge in [0.15, 0.2) is 0 Å². The Balaban J connectivity index is 1.78. The van der Waals surface area contributed by atoms with Crippen LogP contribution in [0.4, 0.5) is 0 Å². The Morgan fingerprint density at radius 1 is 1.32 bits per heavy atom. The number of aromatic nitrogens is 2. The average Bonchev–Trinajstić information content (AvgIpc) is 3.24. The van der Waals surface area contributed by atoms with Crippen LogP contribution in [0.25, 0.3) is 0 Å². The molecule has 0 radical (unpaired) electrons. The Bertz CT molecular complexity index is 558. The Kier molecular flexibility index (Phi) is 4.01. The summed E-state index contributed by atoms with van der Waals surface area (Å²) in [5.41, 5.74) is 1.23. The minimum Gasteiger partial charge on any atom is -0.310 e. The fraction of sp³-hybridized carbons (Fsp3) is 0.286. The first kappa shape index (κ1) is 12.9. The third kappa shape index (κ3) is 3.69. The number of hydrogen-bond donors (Lipinski definition) is 1. The standard InChI is InChI=1S/C14H14ClN3S/c15-11-1-4-13(19-14-5-6-16-9-18-14)10(7-11)8-17-12-2-3-12/h1,4-7,9,12,17H,2-3,8H2. The zero-order chi connectivity index (χ0) is 13.1. The van der Waals surface area contributed by atoms with Gasteiger partial charge in [0, 0.05) is 28.7 Å². The molecule has 3 nitrogen and oxygen atoms in total. The van der Waals surface area contributed by atoms with Gasteiger partial charge in [-0.05, 0) is 42.7 Å². The number of benzene rings is 1. The Labute approximate surface area is 121 Å². The highest BCUT2D eigenvalue weighted by molar-refractivity contribution is 7.99. The molecule has 19 heavy (non-hydrogen) atoms. The molecule has 0 atom stereocenters. The maximum Gasteiger partial charge on any atom is 0.116 e. The Hall–Kier alpha value is -1.10. The maximum atomic E-state index is 6.09. The van der Waals surface area contributed by atoms with Crippen LogP contribution >= 0.6 is 23.4 Å². The summed E-state index contributed by atoms with van der Waals surface area (Å²) in [5.74, 6) is 0. The second kappa shape index (κ2) is 5.90. The lowest BCUT2D eigenvalue weighted by Crippen LogP contribution is -2.15. The van der Waals surface area contributed by atoms with E-state index in [1.807, 2.05) is 18.2 Å². The summed E-state index contributed by atoms with van der Waals surface area (Å²) in [6, 6.07) is 8.61. The molecule has 0 unspecified atom stereocenters. The third-order valence-corrected chi connectivity index (χ3v) is 4.25. The van der Waals surface area contributed by atoms with Crippen LogP contribution in [0.5, 0.6) is 0 Å². The van der Waals surface area contributed by atoms with E-state index < -0.39 is 0 Å². The molecule has 0 spiro atoms. The van der Waals surface area contributed by atoms with Crippen LogP contribution in [-0.2, 0) is 6.54 Å². The zero-order valence-corrected chi connectivity index (χ0v) is 11.9. The minimum absolute atomic E-state index is 0.691. The van der Waals surface area contributed by atoms with Crippen molar-refractivity contribution in [3.63, 3.8) is 0 Å². The van der Waals surface area contributed by atoms with Gasteiger partial charge in [-0.2, -0.15) is 0 Å². The second-order valence-electron chi connectivity index (χ2n) is 4.56. The number of halogens is 1. The molecule has 1 heterocycles. The summed E-state index contributed by atoms with van der Waals surface area (Å²) in [5, 5.41) is 5.25. The van der Waals surface area contributed by atoms with Crippen molar-refractivity contribution in [3.8, 4) is 0 Å². The molecule has 1 fully saturated rings. The van der Waals surface area contributed by atoms with Crippen molar-refractivity contribution >= 4 is 23.4 Å². The van der Waals surface area contributed by atoms with Gasteiger partial charge in [-0.3, -0.25) is 0 Å². The minimum atomic E-state index is 0.691. The third-order valence-electron chi connectivity index (χ3n) is 2.95. The van der Waals surface area contributed by atoms with E-state index in [-0.39, 0.29) is 0 Å². The van der Waals surface area contributed by atoms with Gasteiger partial charge in [-0.1, -0.05) is 23.4 Å². The van der Waals surface area contributed by atoms with Gasteiger partial charge in [0.25, 0.3) is 0 Å². The molecule has 0 aliphatic heterocycles. The normalized spacial score (nSPS) is 14.6. The van der Waals surface area contributed by atoms with E-state index in [4.69, 9.17) is 11.6 Å². The molecule has 0 amide bonds. The summed E-state index contributed by atoms with van der Waals surface area (Å²) in [6.45, 7) is 0.860. The molecule has 1 N–H and O–H groups in total. The average molecular weight is 292 g/mol. The first-order valence-electron chi connectivity index (χ1n) is 6.27. The van der Waals surface area contributed by atoms with Crippen molar-refractivity contribution in [2.45, 2.75) is 35.3 Å². The molecule has 3 rings (SSSR count). The van der Waals surface area contributed by atoms with Gasteiger partial charge in [-0.15, -0.1) is 0 Å². The molecular formula is C14H14ClN3S. The van der Waals surface area contributed by atoms with Gasteiger partial charge >= 0.3 is 0 Å². The lowest BCUT2D eigenvalue weighted by atomic mass is 10.2. The van der Waals surface area contributed by atoms with Crippen molar-refractivity contribution in [1.29, 1.82) is 0 Å². The second-order valence-corrected chi connectivity index (χ2v) is 6.06. The van der Waals surface area contributed by atoms with Gasteiger partial charge in [0.1, 0.15) is 11.4 Å². The van der Waals surface area contributed by atoms with E-state index in [1.165, 1.54) is 23.3 Å². The van der Waals surface area contributed by atoms with Crippen LogP contribution in [0.3, 0.4) is 0 Å². The fourth-order valence-electron chi connectivity index (χ4n) is 1.78. The van der Waals surface area contributed by atoms with Crippen LogP contribution in [0, 0.1) is 0 Å². The number of nitrogens with one attached hydrogen (secondary N) is 1. The van der Waals surface area contributed by atoms with Crippen molar-refractivity contribution < 1.29 is 0 Å². The molecule has 1 aliphatic rings. The first-order valence-corrected chi connectivity index (χ1v) is 7.46. The maximum absolute atomic E-state index is 6.09. The quantitative estimate of drug-likeness (QED) is 0.855. The van der Waals surface area contributed by atoms with E-state index in [0.29, 0.717) is 6.04 Å². The number of nitrogens with zero attached hydrogens (tertiary/aromatic N) is 2. The van der Waals surface area contributed by atoms with Crippen molar-refractivity contribution in [3.05, 3.63) is 47.4 Å². The number of rotatable bonds is 5. The monoisotopic (exact) mass is 291 g/mol. The van der Waals surface area contributed by atoms with Crippen LogP contribution in [-0.4, -0.2) is 16.0 Å². The van der Waals surface area contributed by atoms with E-state index >= 15 is 0 Å². The predicted molar refractivity (Wildman–Crippen MR) is 77.5 cm³/mol. The van der Waals surface area contributed by atoms with Crippen LogP contribution in [0.2, 0.25) is 5.02 Å². The van der Waals surface area contributed by atoms with E-state index in [0.717, 1.165) is 16.6 Å². The van der Waals surface area contributed by atoms with Crippen molar-refractivity contribution in [1.82, 2.24) is 15.3 Å². The molecule has 0 saturated heterocycles. The van der Waals surface area contributed by atoms with Crippen LogP contribution in [0.15, 0.2) is 46.7 Å². The fourth-order valence-corrected chi connectivity index (χ4v) is 2.83. The van der Waals surface area contributed by atoms with E-state index in [1.54, 1.807) is 24.3 Å². The summed E-state index contributed by atoms with van der Waals surface area (Å²) in [7, 11) is 0. The number of hydrogen-bond acceptors (Lipinski definition) is 4. The Morgan fingerprint density at radius 2 is 2.21 bits per heavy atom.